The molecule has 0 saturated carbocycles. The summed E-state index contributed by atoms with van der Waals surface area (Å²) in [6.45, 7) is -0.0169. The van der Waals surface area contributed by atoms with Gasteiger partial charge in [-0.3, -0.25) is 14.3 Å². The second-order valence-corrected chi connectivity index (χ2v) is 7.17. The molecule has 8 nitrogen and oxygen atoms in total. The first kappa shape index (κ1) is 17.9. The zero-order valence-corrected chi connectivity index (χ0v) is 14.3. The first-order valence-electron chi connectivity index (χ1n) is 7.29. The summed E-state index contributed by atoms with van der Waals surface area (Å²) < 4.78 is 55.1. The van der Waals surface area contributed by atoms with Crippen LogP contribution in [0.4, 0.5) is 14.5 Å². The number of sulfonamides is 1. The number of anilines is 1. The lowest BCUT2D eigenvalue weighted by molar-refractivity contribution is 0.116. The zero-order valence-electron chi connectivity index (χ0n) is 13.5. The van der Waals surface area contributed by atoms with Crippen LogP contribution in [0, 0.1) is 0 Å². The minimum absolute atomic E-state index is 0.0169. The molecule has 0 aliphatic rings. The average Bonchev–Trinajstić information content (AvgIpc) is 3.10. The van der Waals surface area contributed by atoms with Gasteiger partial charge in [0.25, 0.3) is 5.89 Å². The van der Waals surface area contributed by atoms with Crippen molar-refractivity contribution in [1.82, 2.24) is 20.2 Å². The van der Waals surface area contributed by atoms with Crippen LogP contribution in [0.25, 0.3) is 11.5 Å². The lowest BCUT2D eigenvalue weighted by Crippen LogP contribution is -2.29. The molecule has 0 aliphatic heterocycles. The van der Waals surface area contributed by atoms with Gasteiger partial charge in [0.1, 0.15) is 0 Å². The van der Waals surface area contributed by atoms with Crippen LogP contribution in [0.5, 0.6) is 0 Å². The maximum absolute atomic E-state index is 12.5. The molecule has 0 bridgehead atoms. The van der Waals surface area contributed by atoms with Crippen molar-refractivity contribution in [3.63, 3.8) is 0 Å². The van der Waals surface area contributed by atoms with E-state index in [1.165, 1.54) is 24.7 Å². The van der Waals surface area contributed by atoms with E-state index in [0.29, 0.717) is 16.9 Å². The molecule has 0 atom stereocenters. The highest BCUT2D eigenvalue weighted by atomic mass is 32.2. The van der Waals surface area contributed by atoms with Crippen molar-refractivity contribution in [1.29, 1.82) is 0 Å². The molecular weight excluding hydrogens is 368 g/mol. The number of pyridine rings is 2. The van der Waals surface area contributed by atoms with E-state index in [-0.39, 0.29) is 12.4 Å². The molecule has 0 amide bonds. The molecular formula is C15H13F2N5O3S. The number of hydrogen-bond donors (Lipinski definition) is 0. The van der Waals surface area contributed by atoms with Crippen LogP contribution < -0.4 is 4.31 Å². The summed E-state index contributed by atoms with van der Waals surface area (Å²) in [6.07, 6.45) is 2.54. The third kappa shape index (κ3) is 3.99. The Morgan fingerprint density at radius 1 is 1.19 bits per heavy atom. The Hall–Kier alpha value is -2.95. The van der Waals surface area contributed by atoms with Crippen LogP contribution in [-0.4, -0.2) is 34.8 Å². The van der Waals surface area contributed by atoms with Crippen LogP contribution in [0.15, 0.2) is 47.3 Å². The number of alkyl halides is 2. The van der Waals surface area contributed by atoms with Gasteiger partial charge in [-0.2, -0.15) is 8.78 Å². The van der Waals surface area contributed by atoms with Crippen molar-refractivity contribution in [2.75, 3.05) is 10.6 Å². The van der Waals surface area contributed by atoms with Gasteiger partial charge in [0.05, 0.1) is 35.9 Å². The second kappa shape index (κ2) is 7.12. The van der Waals surface area contributed by atoms with Crippen molar-refractivity contribution in [2.24, 2.45) is 0 Å². The number of rotatable bonds is 6. The van der Waals surface area contributed by atoms with Crippen LogP contribution in [-0.2, 0) is 16.6 Å². The fourth-order valence-electron chi connectivity index (χ4n) is 2.13. The molecule has 0 unspecified atom stereocenters. The molecule has 26 heavy (non-hydrogen) atoms. The van der Waals surface area contributed by atoms with Gasteiger partial charge in [-0.05, 0) is 24.3 Å². The third-order valence-corrected chi connectivity index (χ3v) is 4.48. The molecule has 0 radical (unpaired) electrons. The Balaban J connectivity index is 1.83. The summed E-state index contributed by atoms with van der Waals surface area (Å²) in [6, 6.07) is 6.33. The molecule has 3 heterocycles. The Bertz CT molecular complexity index is 978. The SMILES string of the molecule is CS(=O)(=O)N(Cc1ccc(-c2nnc(C(F)F)o2)cn1)c1cccnc1. The van der Waals surface area contributed by atoms with E-state index in [0.717, 1.165) is 10.6 Å². The normalized spacial score (nSPS) is 11.7. The fourth-order valence-corrected chi connectivity index (χ4v) is 2.99. The van der Waals surface area contributed by atoms with Crippen LogP contribution >= 0.6 is 0 Å². The predicted molar refractivity (Wildman–Crippen MR) is 87.7 cm³/mol. The Labute approximate surface area is 147 Å². The minimum Gasteiger partial charge on any atom is -0.415 e. The highest BCUT2D eigenvalue weighted by molar-refractivity contribution is 7.92. The van der Waals surface area contributed by atoms with Gasteiger partial charge in [-0.1, -0.05) is 0 Å². The maximum atomic E-state index is 12.5. The molecule has 0 N–H and O–H groups in total. The maximum Gasteiger partial charge on any atom is 0.314 e. The molecule has 0 aliphatic carbocycles. The summed E-state index contributed by atoms with van der Waals surface area (Å²) in [5.41, 5.74) is 1.19. The Kier molecular flexibility index (Phi) is 4.89. The molecule has 11 heteroatoms. The molecule has 0 saturated heterocycles. The molecule has 3 aromatic heterocycles. The van der Waals surface area contributed by atoms with E-state index in [9.17, 15) is 17.2 Å². The Morgan fingerprint density at radius 2 is 2.00 bits per heavy atom. The summed E-state index contributed by atoms with van der Waals surface area (Å²) in [5, 5.41) is 6.78. The lowest BCUT2D eigenvalue weighted by Gasteiger charge is -2.21. The van der Waals surface area contributed by atoms with Gasteiger partial charge in [-0.15, -0.1) is 10.2 Å². The van der Waals surface area contributed by atoms with Crippen LogP contribution in [0.3, 0.4) is 0 Å². The van der Waals surface area contributed by atoms with Gasteiger partial charge in [-0.25, -0.2) is 8.42 Å². The fraction of sp³-hybridized carbons (Fsp3) is 0.200. The number of hydrogen-bond acceptors (Lipinski definition) is 7. The molecule has 0 spiro atoms. The second-order valence-electron chi connectivity index (χ2n) is 5.27. The summed E-state index contributed by atoms with van der Waals surface area (Å²) in [7, 11) is -3.56. The summed E-state index contributed by atoms with van der Waals surface area (Å²) in [5.74, 6) is -0.865. The number of halogens is 2. The quantitative estimate of drug-likeness (QED) is 0.646. The smallest absolute Gasteiger partial charge is 0.314 e. The van der Waals surface area contributed by atoms with Crippen molar-refractivity contribution < 1.29 is 21.6 Å². The summed E-state index contributed by atoms with van der Waals surface area (Å²) >= 11 is 0. The first-order chi connectivity index (χ1) is 12.3. The molecule has 3 aromatic rings. The van der Waals surface area contributed by atoms with Crippen molar-refractivity contribution in [3.8, 4) is 11.5 Å². The van der Waals surface area contributed by atoms with Crippen molar-refractivity contribution >= 4 is 15.7 Å². The molecule has 136 valence electrons. The number of nitrogens with zero attached hydrogens (tertiary/aromatic N) is 5. The van der Waals surface area contributed by atoms with Gasteiger partial charge >= 0.3 is 6.43 Å². The highest BCUT2D eigenvalue weighted by Crippen LogP contribution is 2.23. The molecule has 0 fully saturated rings. The van der Waals surface area contributed by atoms with Crippen LogP contribution in [0.2, 0.25) is 0 Å². The van der Waals surface area contributed by atoms with Crippen molar-refractivity contribution in [3.05, 3.63) is 54.4 Å². The molecule has 0 aromatic carbocycles. The van der Waals surface area contributed by atoms with Crippen LogP contribution in [0.1, 0.15) is 18.0 Å². The standard InChI is InChI=1S/C15H13F2N5O3S/c1-26(23,24)22(12-3-2-6-18-8-12)9-11-5-4-10(7-19-11)14-20-21-15(25-14)13(16)17/h2-8,13H,9H2,1H3. The van der Waals surface area contributed by atoms with E-state index in [1.54, 1.807) is 18.2 Å². The highest BCUT2D eigenvalue weighted by Gasteiger charge is 2.20. The topological polar surface area (TPSA) is 102 Å². The van der Waals surface area contributed by atoms with Gasteiger partial charge in [0.15, 0.2) is 0 Å². The van der Waals surface area contributed by atoms with Crippen molar-refractivity contribution in [2.45, 2.75) is 13.0 Å². The first-order valence-corrected chi connectivity index (χ1v) is 9.14. The summed E-state index contributed by atoms with van der Waals surface area (Å²) in [4.78, 5) is 8.06. The van der Waals surface area contributed by atoms with Gasteiger partial charge < -0.3 is 4.42 Å². The zero-order chi connectivity index (χ0) is 18.7. The lowest BCUT2D eigenvalue weighted by atomic mass is 10.2. The monoisotopic (exact) mass is 381 g/mol. The van der Waals surface area contributed by atoms with E-state index in [4.69, 9.17) is 4.42 Å². The van der Waals surface area contributed by atoms with E-state index in [1.807, 2.05) is 0 Å². The van der Waals surface area contributed by atoms with E-state index >= 15 is 0 Å². The third-order valence-electron chi connectivity index (χ3n) is 3.34. The van der Waals surface area contributed by atoms with Gasteiger partial charge in [0, 0.05) is 12.4 Å². The van der Waals surface area contributed by atoms with Gasteiger partial charge in [0.2, 0.25) is 15.9 Å². The van der Waals surface area contributed by atoms with E-state index < -0.39 is 22.3 Å². The minimum atomic E-state index is -3.56. The largest absolute Gasteiger partial charge is 0.415 e. The predicted octanol–water partition coefficient (Wildman–Crippen LogP) is 2.43. The molecule has 3 rings (SSSR count). The Morgan fingerprint density at radius 3 is 2.54 bits per heavy atom. The van der Waals surface area contributed by atoms with E-state index in [2.05, 4.69) is 20.2 Å². The average molecular weight is 381 g/mol. The number of aromatic nitrogens is 4.